The Bertz CT molecular complexity index is 2100. The molecule has 57 heavy (non-hydrogen) atoms. The molecule has 308 valence electrons. The van der Waals surface area contributed by atoms with Gasteiger partial charge in [0, 0.05) is 56.4 Å². The summed E-state index contributed by atoms with van der Waals surface area (Å²) in [5.74, 6) is -6.41. The molecule has 0 amide bonds. The number of aliphatic hydroxyl groups is 4. The molecule has 1 aliphatic heterocycles. The first kappa shape index (κ1) is 41.8. The Hall–Kier alpha value is -4.79. The molecular formula is C39H46N2O16. The van der Waals surface area contributed by atoms with Crippen molar-refractivity contribution in [1.82, 2.24) is 5.32 Å². The van der Waals surface area contributed by atoms with E-state index in [0.717, 1.165) is 26.4 Å². The van der Waals surface area contributed by atoms with E-state index in [1.807, 2.05) is 0 Å². The molecule has 6 rings (SSSR count). The fraction of sp³-hybridized carbons (Fsp3) is 0.513. The molecule has 1 fully saturated rings. The van der Waals surface area contributed by atoms with Crippen molar-refractivity contribution in [1.29, 1.82) is 5.41 Å². The summed E-state index contributed by atoms with van der Waals surface area (Å²) in [7, 11) is 4.66. The first-order valence-electron chi connectivity index (χ1n) is 18.1. The summed E-state index contributed by atoms with van der Waals surface area (Å²) < 4.78 is 32.5. The van der Waals surface area contributed by atoms with E-state index >= 15 is 4.79 Å². The predicted molar refractivity (Wildman–Crippen MR) is 194 cm³/mol. The number of hydrogen-bond acceptors (Lipinski definition) is 18. The summed E-state index contributed by atoms with van der Waals surface area (Å²) in [4.78, 5) is 55.4. The monoisotopic (exact) mass is 798 g/mol. The first-order chi connectivity index (χ1) is 26.8. The van der Waals surface area contributed by atoms with Crippen molar-refractivity contribution in [2.45, 2.75) is 93.6 Å². The molecule has 0 spiro atoms. The number of ketones is 2. The minimum Gasteiger partial charge on any atom is -0.507 e. The van der Waals surface area contributed by atoms with Gasteiger partial charge in [-0.2, -0.15) is 0 Å². The number of ether oxygens (including phenoxy) is 6. The van der Waals surface area contributed by atoms with E-state index in [-0.39, 0.29) is 29.0 Å². The third-order valence-corrected chi connectivity index (χ3v) is 11.6. The lowest BCUT2D eigenvalue weighted by atomic mass is 9.56. The quantitative estimate of drug-likeness (QED) is 0.150. The second-order valence-electron chi connectivity index (χ2n) is 14.5. The number of carbonyl (C=O) groups is 4. The maximum Gasteiger partial charge on any atom is 0.341 e. The summed E-state index contributed by atoms with van der Waals surface area (Å²) in [6.07, 6.45) is -7.42. The van der Waals surface area contributed by atoms with Crippen LogP contribution < -0.4 is 5.32 Å². The van der Waals surface area contributed by atoms with Gasteiger partial charge in [-0.3, -0.25) is 14.4 Å². The number of hydrogen-bond donors (Lipinski definition) is 8. The third kappa shape index (κ3) is 5.80. The van der Waals surface area contributed by atoms with E-state index in [1.54, 1.807) is 13.8 Å². The van der Waals surface area contributed by atoms with Crippen LogP contribution in [-0.4, -0.2) is 137 Å². The van der Waals surface area contributed by atoms with E-state index in [9.17, 15) is 45.0 Å². The molecule has 1 saturated heterocycles. The second kappa shape index (κ2) is 14.9. The Morgan fingerprint density at radius 1 is 1.00 bits per heavy atom. The van der Waals surface area contributed by atoms with E-state index in [4.69, 9.17) is 33.8 Å². The van der Waals surface area contributed by atoms with Crippen LogP contribution in [-0.2, 0) is 50.8 Å². The number of phenols is 2. The van der Waals surface area contributed by atoms with Crippen LogP contribution in [0.5, 0.6) is 11.5 Å². The second-order valence-corrected chi connectivity index (χ2v) is 14.5. The number of allylic oxidation sites excluding steroid dienone is 1. The number of nitrogens with one attached hydrogen (secondary N) is 2. The van der Waals surface area contributed by atoms with Gasteiger partial charge in [-0.05, 0) is 50.5 Å². The highest BCUT2D eigenvalue weighted by Gasteiger charge is 2.73. The lowest BCUT2D eigenvalue weighted by molar-refractivity contribution is -0.237. The molecular weight excluding hydrogens is 752 g/mol. The number of carbonyl (C=O) groups excluding carboxylic acids is 4. The van der Waals surface area contributed by atoms with Crippen molar-refractivity contribution in [3.8, 4) is 11.5 Å². The largest absolute Gasteiger partial charge is 0.507 e. The molecule has 0 bridgehead atoms. The zero-order chi connectivity index (χ0) is 42.1. The first-order valence-corrected chi connectivity index (χ1v) is 18.1. The van der Waals surface area contributed by atoms with Crippen LogP contribution in [0.1, 0.15) is 85.6 Å². The number of methoxy groups -OCH3 is 4. The van der Waals surface area contributed by atoms with Gasteiger partial charge in [-0.1, -0.05) is 6.07 Å². The zero-order valence-corrected chi connectivity index (χ0v) is 32.3. The Labute approximate surface area is 326 Å². The normalized spacial score (nSPS) is 31.7. The van der Waals surface area contributed by atoms with E-state index in [1.165, 1.54) is 27.2 Å². The Kier molecular flexibility index (Phi) is 10.9. The van der Waals surface area contributed by atoms with Crippen LogP contribution in [0.2, 0.25) is 0 Å². The van der Waals surface area contributed by atoms with Gasteiger partial charge in [-0.15, -0.1) is 0 Å². The van der Waals surface area contributed by atoms with Gasteiger partial charge in [0.1, 0.15) is 41.0 Å². The minimum absolute atomic E-state index is 0.00342. The van der Waals surface area contributed by atoms with E-state index < -0.39 is 141 Å². The molecule has 4 aliphatic rings. The van der Waals surface area contributed by atoms with Crippen molar-refractivity contribution in [3.63, 3.8) is 0 Å². The average molecular weight is 799 g/mol. The summed E-state index contributed by atoms with van der Waals surface area (Å²) in [6.45, 7) is 4.66. The SMILES string of the molecule is CCOC(=O)CCC1(O)C(N[C@H]2O[C@@H](C)[C@H](OC)[C@@H](O)[C@H]2OC)=CC(=N)c2c1cc1c(c2O)C(=O)[C@]2(OC)[C@H](O)Cc3cc(C)c(C(=O)OC)c(O)c3[C@]2(O)C1=O. The average Bonchev–Trinajstić information content (AvgIpc) is 3.15. The molecule has 9 atom stereocenters. The molecule has 1 unspecified atom stereocenters. The topological polar surface area (TPSA) is 281 Å². The van der Waals surface area contributed by atoms with Crippen molar-refractivity contribution < 1.29 is 78.2 Å². The van der Waals surface area contributed by atoms with Crippen molar-refractivity contribution >= 4 is 29.2 Å². The number of aryl methyl sites for hydroxylation is 1. The molecule has 1 heterocycles. The summed E-state index contributed by atoms with van der Waals surface area (Å²) >= 11 is 0. The lowest BCUT2D eigenvalue weighted by Crippen LogP contribution is -2.73. The number of phenolic OH excluding ortho intramolecular Hbond substituents is 2. The highest BCUT2D eigenvalue weighted by molar-refractivity contribution is 6.26. The van der Waals surface area contributed by atoms with Crippen LogP contribution in [0, 0.1) is 12.3 Å². The van der Waals surface area contributed by atoms with Gasteiger partial charge < -0.3 is 69.8 Å². The zero-order valence-electron chi connectivity index (χ0n) is 32.3. The summed E-state index contributed by atoms with van der Waals surface area (Å²) in [6, 6.07) is 2.31. The van der Waals surface area contributed by atoms with Crippen LogP contribution in [0.3, 0.4) is 0 Å². The van der Waals surface area contributed by atoms with Crippen LogP contribution >= 0.6 is 0 Å². The molecule has 18 nitrogen and oxygen atoms in total. The van der Waals surface area contributed by atoms with E-state index in [0.29, 0.717) is 0 Å². The van der Waals surface area contributed by atoms with Crippen LogP contribution in [0.25, 0.3) is 0 Å². The molecule has 0 aromatic heterocycles. The summed E-state index contributed by atoms with van der Waals surface area (Å²) in [5, 5.41) is 83.8. The summed E-state index contributed by atoms with van der Waals surface area (Å²) in [5.41, 5.74) is -12.5. The van der Waals surface area contributed by atoms with Crippen LogP contribution in [0.4, 0.5) is 0 Å². The lowest BCUT2D eigenvalue weighted by Gasteiger charge is -2.53. The molecule has 2 aromatic carbocycles. The van der Waals surface area contributed by atoms with Crippen molar-refractivity contribution in [3.05, 3.63) is 68.4 Å². The Balaban J connectivity index is 1.59. The maximum atomic E-state index is 15.0. The number of rotatable bonds is 10. The number of Topliss-reactive ketones (excluding diaryl/α,β-unsaturated/α-hetero) is 2. The van der Waals surface area contributed by atoms with Gasteiger partial charge in [0.2, 0.25) is 11.6 Å². The van der Waals surface area contributed by atoms with Gasteiger partial charge in [0.05, 0.1) is 42.9 Å². The molecule has 8 N–H and O–H groups in total. The number of aromatic hydroxyl groups is 2. The molecule has 3 aliphatic carbocycles. The Morgan fingerprint density at radius 3 is 2.26 bits per heavy atom. The fourth-order valence-corrected chi connectivity index (χ4v) is 8.93. The van der Waals surface area contributed by atoms with Crippen LogP contribution in [0.15, 0.2) is 23.9 Å². The molecule has 0 saturated carbocycles. The third-order valence-electron chi connectivity index (χ3n) is 11.6. The molecule has 18 heteroatoms. The highest BCUT2D eigenvalue weighted by Crippen LogP contribution is 2.57. The fourth-order valence-electron chi connectivity index (χ4n) is 8.93. The smallest absolute Gasteiger partial charge is 0.341 e. The number of esters is 2. The predicted octanol–water partition coefficient (Wildman–Crippen LogP) is 0.283. The van der Waals surface area contributed by atoms with Gasteiger partial charge in [-0.25, -0.2) is 4.79 Å². The molecule has 0 radical (unpaired) electrons. The van der Waals surface area contributed by atoms with Gasteiger partial charge in [0.15, 0.2) is 17.4 Å². The highest BCUT2D eigenvalue weighted by atomic mass is 16.6. The number of fused-ring (bicyclic) bond motifs is 5. The maximum absolute atomic E-state index is 15.0. The Morgan fingerprint density at radius 2 is 1.67 bits per heavy atom. The molecule has 2 aromatic rings. The standard InChI is InChI=1S/C39H46N2O16/c1-8-56-23(43)9-10-37(50)19-13-18-25(28(44)26(19)20(40)14-21(37)41-35-32(53-5)30(46)31(52-4)16(3)57-35)34(48)39(55-7)22(42)12-17-11-15(2)24(36(49)54-6)29(45)27(17)38(39,51)33(18)47/h11,13-14,16,22,30-32,35,40-42,44-46,50-51H,8-10,12H2,1-7H3/t16-,22+,30+,31-,32+,35-,37?,38-,39+/m0/s1. The number of aliphatic hydroxyl groups excluding tert-OH is 2. The number of benzene rings is 2. The van der Waals surface area contributed by atoms with Gasteiger partial charge in [0.25, 0.3) is 0 Å². The van der Waals surface area contributed by atoms with Crippen molar-refractivity contribution in [2.24, 2.45) is 0 Å². The van der Waals surface area contributed by atoms with E-state index in [2.05, 4.69) is 5.32 Å². The van der Waals surface area contributed by atoms with Crippen molar-refractivity contribution in [2.75, 3.05) is 35.0 Å². The minimum atomic E-state index is -3.27. The van der Waals surface area contributed by atoms with Gasteiger partial charge >= 0.3 is 11.9 Å².